The van der Waals surface area contributed by atoms with Crippen molar-refractivity contribution in [3.63, 3.8) is 0 Å². The third kappa shape index (κ3) is 3.55. The Morgan fingerprint density at radius 1 is 1.48 bits per heavy atom. The molecule has 0 aliphatic carbocycles. The Kier molecular flexibility index (Phi) is 5.11. The summed E-state index contributed by atoms with van der Waals surface area (Å²) in [7, 11) is -3.85. The van der Waals surface area contributed by atoms with Crippen molar-refractivity contribution in [3.05, 3.63) is 46.7 Å². The molecule has 9 heteroatoms. The maximum atomic E-state index is 13.0. The van der Waals surface area contributed by atoms with Gasteiger partial charge in [0.2, 0.25) is 10.0 Å². The van der Waals surface area contributed by atoms with Crippen LogP contribution < -0.4 is 0 Å². The van der Waals surface area contributed by atoms with Crippen LogP contribution in [0.3, 0.4) is 0 Å². The molecule has 1 aromatic heterocycles. The standard InChI is InChI=1S/C16H17ClN4O3S/c1-2-20-10-13(9-19-20)15-11-21(5-6-24-15)25(22,23)16-7-14(17)4-3-12(16)8-18/h3-4,7,9-10,15H,2,5-6,11H2,1H3/t15-/m0/s1. The fraction of sp³-hybridized carbons (Fsp3) is 0.375. The van der Waals surface area contributed by atoms with E-state index in [0.29, 0.717) is 0 Å². The largest absolute Gasteiger partial charge is 0.371 e. The van der Waals surface area contributed by atoms with E-state index in [2.05, 4.69) is 5.10 Å². The minimum Gasteiger partial charge on any atom is -0.371 e. The van der Waals surface area contributed by atoms with Crippen molar-refractivity contribution in [1.29, 1.82) is 5.26 Å². The summed E-state index contributed by atoms with van der Waals surface area (Å²) in [5, 5.41) is 13.7. The third-order valence-corrected chi connectivity index (χ3v) is 6.20. The van der Waals surface area contributed by atoms with Crippen LogP contribution in [0.4, 0.5) is 0 Å². The second kappa shape index (κ2) is 7.14. The lowest BCUT2D eigenvalue weighted by Crippen LogP contribution is -2.42. The van der Waals surface area contributed by atoms with Gasteiger partial charge >= 0.3 is 0 Å². The summed E-state index contributed by atoms with van der Waals surface area (Å²) in [4.78, 5) is -0.0765. The number of hydrogen-bond donors (Lipinski definition) is 0. The topological polar surface area (TPSA) is 88.2 Å². The molecule has 0 N–H and O–H groups in total. The highest BCUT2D eigenvalue weighted by atomic mass is 35.5. The highest BCUT2D eigenvalue weighted by Gasteiger charge is 2.33. The van der Waals surface area contributed by atoms with E-state index in [4.69, 9.17) is 16.3 Å². The predicted octanol–water partition coefficient (Wildman–Crippen LogP) is 2.19. The molecule has 1 aromatic carbocycles. The quantitative estimate of drug-likeness (QED) is 0.811. The van der Waals surface area contributed by atoms with Gasteiger partial charge in [-0.2, -0.15) is 14.7 Å². The smallest absolute Gasteiger partial charge is 0.244 e. The van der Waals surface area contributed by atoms with Gasteiger partial charge in [-0.25, -0.2) is 8.42 Å². The molecule has 7 nitrogen and oxygen atoms in total. The number of rotatable bonds is 4. The van der Waals surface area contributed by atoms with Gasteiger partial charge in [-0.15, -0.1) is 0 Å². The Bertz CT molecular complexity index is 920. The van der Waals surface area contributed by atoms with E-state index in [0.717, 1.165) is 12.1 Å². The molecule has 0 bridgehead atoms. The lowest BCUT2D eigenvalue weighted by Gasteiger charge is -2.32. The summed E-state index contributed by atoms with van der Waals surface area (Å²) >= 11 is 5.93. The van der Waals surface area contributed by atoms with Gasteiger partial charge in [0.1, 0.15) is 11.0 Å². The van der Waals surface area contributed by atoms with Crippen molar-refractivity contribution in [2.45, 2.75) is 24.5 Å². The number of sulfonamides is 1. The number of aryl methyl sites for hydroxylation is 1. The molecule has 1 atom stereocenters. The van der Waals surface area contributed by atoms with E-state index in [-0.39, 0.29) is 35.2 Å². The number of aromatic nitrogens is 2. The average molecular weight is 381 g/mol. The summed E-state index contributed by atoms with van der Waals surface area (Å²) in [6.07, 6.45) is 3.14. The average Bonchev–Trinajstić information content (AvgIpc) is 3.11. The first-order chi connectivity index (χ1) is 12.0. The van der Waals surface area contributed by atoms with E-state index < -0.39 is 16.1 Å². The molecule has 2 aromatic rings. The Balaban J connectivity index is 1.90. The second-order valence-corrected chi connectivity index (χ2v) is 7.95. The molecular weight excluding hydrogens is 364 g/mol. The molecule has 1 saturated heterocycles. The molecule has 0 radical (unpaired) electrons. The van der Waals surface area contributed by atoms with E-state index in [1.54, 1.807) is 10.9 Å². The Labute approximate surface area is 151 Å². The molecule has 1 aliphatic rings. The first-order valence-corrected chi connectivity index (χ1v) is 9.61. The van der Waals surface area contributed by atoms with Gasteiger partial charge in [0, 0.05) is 36.4 Å². The lowest BCUT2D eigenvalue weighted by atomic mass is 10.2. The van der Waals surface area contributed by atoms with Gasteiger partial charge in [0.05, 0.1) is 24.5 Å². The van der Waals surface area contributed by atoms with Crippen LogP contribution in [0.15, 0.2) is 35.5 Å². The first-order valence-electron chi connectivity index (χ1n) is 7.79. The fourth-order valence-electron chi connectivity index (χ4n) is 2.71. The Morgan fingerprint density at radius 3 is 2.96 bits per heavy atom. The van der Waals surface area contributed by atoms with Crippen LogP contribution >= 0.6 is 11.6 Å². The Hall–Kier alpha value is -1.92. The predicted molar refractivity (Wildman–Crippen MR) is 91.5 cm³/mol. The number of nitriles is 1. The van der Waals surface area contributed by atoms with Crippen molar-refractivity contribution in [1.82, 2.24) is 14.1 Å². The normalized spacial score (nSPS) is 18.8. The zero-order valence-electron chi connectivity index (χ0n) is 13.6. The Morgan fingerprint density at radius 2 is 2.28 bits per heavy atom. The number of hydrogen-bond acceptors (Lipinski definition) is 5. The van der Waals surface area contributed by atoms with Crippen molar-refractivity contribution in [3.8, 4) is 6.07 Å². The van der Waals surface area contributed by atoms with Crippen LogP contribution in [-0.2, 0) is 21.3 Å². The van der Waals surface area contributed by atoms with Crippen molar-refractivity contribution in [2.24, 2.45) is 0 Å². The number of halogens is 1. The van der Waals surface area contributed by atoms with Gasteiger partial charge in [0.15, 0.2) is 0 Å². The van der Waals surface area contributed by atoms with Gasteiger partial charge in [0.25, 0.3) is 0 Å². The van der Waals surface area contributed by atoms with Crippen LogP contribution in [0, 0.1) is 11.3 Å². The summed E-state index contributed by atoms with van der Waals surface area (Å²) in [6, 6.07) is 6.14. The molecule has 1 fully saturated rings. The van der Waals surface area contributed by atoms with E-state index in [9.17, 15) is 13.7 Å². The summed E-state index contributed by atoms with van der Waals surface area (Å²) < 4.78 is 34.8. The molecule has 2 heterocycles. The highest BCUT2D eigenvalue weighted by Crippen LogP contribution is 2.29. The summed E-state index contributed by atoms with van der Waals surface area (Å²) in [5.41, 5.74) is 0.902. The summed E-state index contributed by atoms with van der Waals surface area (Å²) in [5.74, 6) is 0. The second-order valence-electron chi connectivity index (χ2n) is 5.60. The number of morpholine rings is 1. The van der Waals surface area contributed by atoms with Gasteiger partial charge in [-0.05, 0) is 25.1 Å². The molecular formula is C16H17ClN4O3S. The SMILES string of the molecule is CCn1cc([C@@H]2CN(S(=O)(=O)c3cc(Cl)ccc3C#N)CCO2)cn1. The minimum atomic E-state index is -3.85. The zero-order valence-corrected chi connectivity index (χ0v) is 15.2. The number of benzene rings is 1. The molecule has 25 heavy (non-hydrogen) atoms. The molecule has 0 unspecified atom stereocenters. The van der Waals surface area contributed by atoms with Crippen LogP contribution in [0.2, 0.25) is 5.02 Å². The zero-order chi connectivity index (χ0) is 18.0. The highest BCUT2D eigenvalue weighted by molar-refractivity contribution is 7.89. The maximum absolute atomic E-state index is 13.0. The molecule has 0 saturated carbocycles. The van der Waals surface area contributed by atoms with Crippen LogP contribution in [-0.4, -0.2) is 42.2 Å². The van der Waals surface area contributed by atoms with E-state index >= 15 is 0 Å². The van der Waals surface area contributed by atoms with Crippen molar-refractivity contribution < 1.29 is 13.2 Å². The molecule has 0 spiro atoms. The lowest BCUT2D eigenvalue weighted by molar-refractivity contribution is -0.00260. The van der Waals surface area contributed by atoms with Crippen molar-refractivity contribution in [2.75, 3.05) is 19.7 Å². The molecule has 0 amide bonds. The fourth-order valence-corrected chi connectivity index (χ4v) is 4.53. The maximum Gasteiger partial charge on any atom is 0.244 e. The van der Waals surface area contributed by atoms with Gasteiger partial charge in [-0.3, -0.25) is 4.68 Å². The van der Waals surface area contributed by atoms with E-state index in [1.807, 2.05) is 19.2 Å². The number of nitrogens with zero attached hydrogens (tertiary/aromatic N) is 4. The van der Waals surface area contributed by atoms with Crippen LogP contribution in [0.5, 0.6) is 0 Å². The van der Waals surface area contributed by atoms with Crippen molar-refractivity contribution >= 4 is 21.6 Å². The summed E-state index contributed by atoms with van der Waals surface area (Å²) in [6.45, 7) is 3.34. The van der Waals surface area contributed by atoms with Crippen LogP contribution in [0.25, 0.3) is 0 Å². The van der Waals surface area contributed by atoms with Crippen LogP contribution in [0.1, 0.15) is 24.2 Å². The molecule has 3 rings (SSSR count). The van der Waals surface area contributed by atoms with Gasteiger partial charge in [-0.1, -0.05) is 11.6 Å². The molecule has 1 aliphatic heterocycles. The molecule has 132 valence electrons. The monoisotopic (exact) mass is 380 g/mol. The first kappa shape index (κ1) is 17.9. The van der Waals surface area contributed by atoms with Gasteiger partial charge < -0.3 is 4.74 Å². The minimum absolute atomic E-state index is 0.0752. The number of ether oxygens (including phenoxy) is 1. The third-order valence-electron chi connectivity index (χ3n) is 4.06. The van der Waals surface area contributed by atoms with E-state index in [1.165, 1.54) is 22.5 Å².